The van der Waals surface area contributed by atoms with E-state index in [1.165, 1.54) is 60.4 Å². The number of hydrogen-bond acceptors (Lipinski definition) is 2. The highest BCUT2D eigenvalue weighted by Gasteiger charge is 2.24. The van der Waals surface area contributed by atoms with Crippen molar-refractivity contribution < 1.29 is 0 Å². The second kappa shape index (κ2) is 17.1. The second-order valence-corrected chi connectivity index (χ2v) is 18.8. The van der Waals surface area contributed by atoms with E-state index in [0.717, 1.165) is 72.7 Å². The molecule has 71 heavy (non-hydrogen) atoms. The zero-order valence-corrected chi connectivity index (χ0v) is 39.8. The van der Waals surface area contributed by atoms with Crippen molar-refractivity contribution in [2.45, 2.75) is 20.8 Å². The Hall–Kier alpha value is -9.12. The third-order valence-corrected chi connectivity index (χ3v) is 14.2. The van der Waals surface area contributed by atoms with E-state index in [2.05, 4.69) is 242 Å². The summed E-state index contributed by atoms with van der Waals surface area (Å²) >= 11 is 0. The summed E-state index contributed by atoms with van der Waals surface area (Å²) in [5.74, 6) is 0.685. The zero-order chi connectivity index (χ0) is 47.6. The smallest absolute Gasteiger partial charge is 0.160 e. The Kier molecular flexibility index (Phi) is 10.1. The minimum Gasteiger partial charge on any atom is -0.309 e. The standard InChI is InChI=1S/C67H48N4/c1-43-36-44(2)65(45(3)37-43)50-32-34-63-57(38-50)58-41-52(70-61-30-18-16-28-53(61)54-29-17-19-31-62(54)70)33-35-64(58)71(63)66-55(46-20-8-4-9-21-46)39-51(40-56(66)47-22-10-5-11-23-47)60-42-59(48-24-12-6-13-25-48)68-67(69-60)49-26-14-7-15-27-49/h4-42H,1-3H3. The van der Waals surface area contributed by atoms with Crippen LogP contribution >= 0.6 is 0 Å². The molecule has 0 aliphatic rings. The summed E-state index contributed by atoms with van der Waals surface area (Å²) in [4.78, 5) is 10.5. The van der Waals surface area contributed by atoms with Crippen molar-refractivity contribution in [1.29, 1.82) is 0 Å². The lowest BCUT2D eigenvalue weighted by molar-refractivity contribution is 1.16. The van der Waals surface area contributed by atoms with Crippen molar-refractivity contribution in [3.8, 4) is 78.7 Å². The maximum atomic E-state index is 5.38. The Morgan fingerprint density at radius 1 is 0.310 bits per heavy atom. The van der Waals surface area contributed by atoms with Crippen LogP contribution in [0.5, 0.6) is 0 Å². The summed E-state index contributed by atoms with van der Waals surface area (Å²) in [6.45, 7) is 6.67. The van der Waals surface area contributed by atoms with E-state index in [-0.39, 0.29) is 0 Å². The van der Waals surface area contributed by atoms with Gasteiger partial charge >= 0.3 is 0 Å². The normalized spacial score (nSPS) is 11.6. The Labute approximate surface area is 413 Å². The minimum atomic E-state index is 0.685. The summed E-state index contributed by atoms with van der Waals surface area (Å²) in [5, 5.41) is 4.86. The molecular formula is C67H48N4. The van der Waals surface area contributed by atoms with Crippen molar-refractivity contribution in [1.82, 2.24) is 19.1 Å². The van der Waals surface area contributed by atoms with Crippen LogP contribution in [0.2, 0.25) is 0 Å². The first-order valence-electron chi connectivity index (χ1n) is 24.4. The zero-order valence-electron chi connectivity index (χ0n) is 39.8. The molecule has 4 heteroatoms. The summed E-state index contributed by atoms with van der Waals surface area (Å²) in [6, 6.07) is 85.6. The van der Waals surface area contributed by atoms with Crippen LogP contribution in [-0.2, 0) is 0 Å². The summed E-state index contributed by atoms with van der Waals surface area (Å²) < 4.78 is 4.96. The molecule has 336 valence electrons. The van der Waals surface area contributed by atoms with E-state index < -0.39 is 0 Å². The molecule has 4 nitrogen and oxygen atoms in total. The van der Waals surface area contributed by atoms with Crippen LogP contribution in [0.25, 0.3) is 122 Å². The molecule has 3 heterocycles. The average Bonchev–Trinajstić information content (AvgIpc) is 3.93. The SMILES string of the molecule is Cc1cc(C)c(-c2ccc3c(c2)c2cc(-n4c5ccccc5c5ccccc54)ccc2n3-c2c(-c3ccccc3)cc(-c3cc(-c4ccccc4)nc(-c4ccccc4)n3)cc2-c2ccccc2)c(C)c1. The molecule has 0 atom stereocenters. The van der Waals surface area contributed by atoms with Gasteiger partial charge in [0.1, 0.15) is 0 Å². The first kappa shape index (κ1) is 42.0. The third kappa shape index (κ3) is 7.23. The maximum absolute atomic E-state index is 5.38. The van der Waals surface area contributed by atoms with E-state index in [1.807, 2.05) is 24.3 Å². The van der Waals surface area contributed by atoms with Gasteiger partial charge in [-0.05, 0) is 115 Å². The molecule has 0 radical (unpaired) electrons. The van der Waals surface area contributed by atoms with E-state index in [0.29, 0.717) is 5.82 Å². The number of benzene rings is 10. The van der Waals surface area contributed by atoms with Gasteiger partial charge in [0.05, 0.1) is 39.1 Å². The first-order valence-corrected chi connectivity index (χ1v) is 24.4. The lowest BCUT2D eigenvalue weighted by Crippen LogP contribution is -2.03. The van der Waals surface area contributed by atoms with Crippen LogP contribution in [0, 0.1) is 20.8 Å². The fraction of sp³-hybridized carbons (Fsp3) is 0.0448. The molecule has 0 fully saturated rings. The van der Waals surface area contributed by atoms with Gasteiger partial charge < -0.3 is 9.13 Å². The number of para-hydroxylation sites is 2. The molecule has 0 saturated heterocycles. The van der Waals surface area contributed by atoms with Crippen molar-refractivity contribution in [2.24, 2.45) is 0 Å². The molecular weight excluding hydrogens is 861 g/mol. The quantitative estimate of drug-likeness (QED) is 0.152. The van der Waals surface area contributed by atoms with E-state index >= 15 is 0 Å². The van der Waals surface area contributed by atoms with Gasteiger partial charge in [-0.2, -0.15) is 0 Å². The number of hydrogen-bond donors (Lipinski definition) is 0. The lowest BCUT2D eigenvalue weighted by atomic mass is 9.91. The molecule has 0 N–H and O–H groups in total. The highest BCUT2D eigenvalue weighted by Crippen LogP contribution is 2.46. The van der Waals surface area contributed by atoms with Gasteiger partial charge in [-0.25, -0.2) is 9.97 Å². The summed E-state index contributed by atoms with van der Waals surface area (Å²) in [6.07, 6.45) is 0. The predicted octanol–water partition coefficient (Wildman–Crippen LogP) is 17.6. The van der Waals surface area contributed by atoms with E-state index in [4.69, 9.17) is 9.97 Å². The van der Waals surface area contributed by atoms with E-state index in [1.54, 1.807) is 0 Å². The topological polar surface area (TPSA) is 35.6 Å². The van der Waals surface area contributed by atoms with Gasteiger partial charge in [-0.15, -0.1) is 0 Å². The molecule has 13 aromatic rings. The minimum absolute atomic E-state index is 0.685. The largest absolute Gasteiger partial charge is 0.309 e. The number of aryl methyl sites for hydroxylation is 3. The lowest BCUT2D eigenvalue weighted by Gasteiger charge is -2.21. The number of nitrogens with zero attached hydrogens (tertiary/aromatic N) is 4. The number of fused-ring (bicyclic) bond motifs is 6. The van der Waals surface area contributed by atoms with Crippen LogP contribution in [0.1, 0.15) is 16.7 Å². The Morgan fingerprint density at radius 3 is 1.32 bits per heavy atom. The Bertz CT molecular complexity index is 3970. The van der Waals surface area contributed by atoms with Gasteiger partial charge in [-0.1, -0.05) is 181 Å². The van der Waals surface area contributed by atoms with Crippen molar-refractivity contribution in [3.63, 3.8) is 0 Å². The third-order valence-electron chi connectivity index (χ3n) is 14.2. The van der Waals surface area contributed by atoms with Gasteiger partial charge in [0.25, 0.3) is 0 Å². The molecule has 13 rings (SSSR count). The molecule has 0 aliphatic carbocycles. The Balaban J connectivity index is 1.14. The van der Waals surface area contributed by atoms with Crippen molar-refractivity contribution >= 4 is 43.6 Å². The fourth-order valence-electron chi connectivity index (χ4n) is 11.1. The fourth-order valence-corrected chi connectivity index (χ4v) is 11.1. The molecule has 0 unspecified atom stereocenters. The van der Waals surface area contributed by atoms with E-state index in [9.17, 15) is 0 Å². The second-order valence-electron chi connectivity index (χ2n) is 18.8. The molecule has 0 saturated carbocycles. The van der Waals surface area contributed by atoms with Crippen LogP contribution in [0.4, 0.5) is 0 Å². The summed E-state index contributed by atoms with van der Waals surface area (Å²) in [5.41, 5.74) is 22.3. The van der Waals surface area contributed by atoms with Crippen LogP contribution < -0.4 is 0 Å². The van der Waals surface area contributed by atoms with Crippen molar-refractivity contribution in [3.05, 3.63) is 253 Å². The highest BCUT2D eigenvalue weighted by atomic mass is 15.0. The molecule has 3 aromatic heterocycles. The maximum Gasteiger partial charge on any atom is 0.160 e. The molecule has 0 spiro atoms. The van der Waals surface area contributed by atoms with Gasteiger partial charge in [-0.3, -0.25) is 0 Å². The summed E-state index contributed by atoms with van der Waals surface area (Å²) in [7, 11) is 0. The number of rotatable bonds is 8. The predicted molar refractivity (Wildman–Crippen MR) is 298 cm³/mol. The average molecular weight is 909 g/mol. The van der Waals surface area contributed by atoms with Gasteiger partial charge in [0.15, 0.2) is 5.82 Å². The molecule has 0 amide bonds. The monoisotopic (exact) mass is 908 g/mol. The van der Waals surface area contributed by atoms with Crippen molar-refractivity contribution in [2.75, 3.05) is 0 Å². The highest BCUT2D eigenvalue weighted by molar-refractivity contribution is 6.14. The van der Waals surface area contributed by atoms with Crippen LogP contribution in [0.15, 0.2) is 237 Å². The Morgan fingerprint density at radius 2 is 0.761 bits per heavy atom. The first-order chi connectivity index (χ1) is 34.9. The molecule has 10 aromatic carbocycles. The van der Waals surface area contributed by atoms with Crippen LogP contribution in [-0.4, -0.2) is 19.1 Å². The number of aromatic nitrogens is 4. The molecule has 0 bridgehead atoms. The molecule has 0 aliphatic heterocycles. The van der Waals surface area contributed by atoms with Crippen LogP contribution in [0.3, 0.4) is 0 Å². The van der Waals surface area contributed by atoms with Gasteiger partial charge in [0, 0.05) is 55.0 Å². The van der Waals surface area contributed by atoms with Gasteiger partial charge in [0.2, 0.25) is 0 Å².